The van der Waals surface area contributed by atoms with Gasteiger partial charge in [-0.1, -0.05) is 0 Å². The number of hydrogen-bond donors (Lipinski definition) is 1. The summed E-state index contributed by atoms with van der Waals surface area (Å²) in [5.74, 6) is 0.516. The summed E-state index contributed by atoms with van der Waals surface area (Å²) in [6, 6.07) is 10.7. The van der Waals surface area contributed by atoms with Gasteiger partial charge in [0.15, 0.2) is 5.65 Å². The van der Waals surface area contributed by atoms with Crippen LogP contribution in [0.25, 0.3) is 5.65 Å². The summed E-state index contributed by atoms with van der Waals surface area (Å²) in [6.45, 7) is 5.82. The number of benzene rings is 1. The van der Waals surface area contributed by atoms with Crippen LogP contribution in [0.5, 0.6) is 5.75 Å². The summed E-state index contributed by atoms with van der Waals surface area (Å²) in [4.78, 5) is 16.7. The second kappa shape index (κ2) is 6.08. The van der Waals surface area contributed by atoms with Gasteiger partial charge in [0.2, 0.25) is 0 Å². The van der Waals surface area contributed by atoms with Crippen LogP contribution < -0.4 is 10.1 Å². The summed E-state index contributed by atoms with van der Waals surface area (Å²) in [6.07, 6.45) is 1.77. The van der Waals surface area contributed by atoms with Crippen LogP contribution in [-0.2, 0) is 0 Å². The van der Waals surface area contributed by atoms with E-state index in [2.05, 4.69) is 15.4 Å². The highest BCUT2D eigenvalue weighted by molar-refractivity contribution is 6.03. The largest absolute Gasteiger partial charge is 0.491 e. The number of anilines is 1. The maximum atomic E-state index is 12.4. The molecule has 0 saturated carbocycles. The molecule has 2 heterocycles. The number of nitrogens with one attached hydrogen (secondary N) is 1. The van der Waals surface area contributed by atoms with Crippen molar-refractivity contribution in [1.29, 1.82) is 0 Å². The Kier molecular flexibility index (Phi) is 3.97. The Hall–Kier alpha value is -2.89. The zero-order valence-corrected chi connectivity index (χ0v) is 13.3. The monoisotopic (exact) mass is 310 g/mol. The highest BCUT2D eigenvalue weighted by Gasteiger charge is 2.11. The molecular formula is C17H18N4O2. The van der Waals surface area contributed by atoms with Crippen molar-refractivity contribution in [3.05, 3.63) is 54.0 Å². The Bertz CT molecular complexity index is 837. The predicted octanol–water partition coefficient (Wildman–Crippen LogP) is 3.08. The van der Waals surface area contributed by atoms with Gasteiger partial charge in [-0.15, -0.1) is 0 Å². The van der Waals surface area contributed by atoms with Crippen LogP contribution in [0.1, 0.15) is 30.0 Å². The van der Waals surface area contributed by atoms with E-state index in [1.807, 2.05) is 32.9 Å². The summed E-state index contributed by atoms with van der Waals surface area (Å²) in [5.41, 5.74) is 2.55. The molecule has 0 aliphatic heterocycles. The van der Waals surface area contributed by atoms with Gasteiger partial charge in [0.05, 0.1) is 12.3 Å². The van der Waals surface area contributed by atoms with E-state index < -0.39 is 0 Å². The first-order chi connectivity index (χ1) is 11.0. The zero-order chi connectivity index (χ0) is 16.4. The summed E-state index contributed by atoms with van der Waals surface area (Å²) in [5, 5.41) is 6.98. The second-order valence-corrected chi connectivity index (χ2v) is 5.53. The normalized spacial score (nSPS) is 11.0. The van der Waals surface area contributed by atoms with Crippen molar-refractivity contribution in [1.82, 2.24) is 14.6 Å². The third kappa shape index (κ3) is 3.31. The van der Waals surface area contributed by atoms with Crippen LogP contribution in [0, 0.1) is 6.92 Å². The van der Waals surface area contributed by atoms with Crippen LogP contribution in [0.15, 0.2) is 42.6 Å². The van der Waals surface area contributed by atoms with E-state index in [4.69, 9.17) is 4.74 Å². The third-order valence-electron chi connectivity index (χ3n) is 3.25. The number of hydrogen-bond acceptors (Lipinski definition) is 4. The fourth-order valence-corrected chi connectivity index (χ4v) is 2.27. The molecule has 1 aromatic carbocycles. The Morgan fingerprint density at radius 3 is 2.65 bits per heavy atom. The van der Waals surface area contributed by atoms with Crippen molar-refractivity contribution < 1.29 is 9.53 Å². The minimum atomic E-state index is -0.255. The van der Waals surface area contributed by atoms with Crippen molar-refractivity contribution in [2.24, 2.45) is 0 Å². The van der Waals surface area contributed by atoms with Gasteiger partial charge in [-0.25, -0.2) is 9.50 Å². The molecule has 0 bridgehead atoms. The Morgan fingerprint density at radius 1 is 1.22 bits per heavy atom. The van der Waals surface area contributed by atoms with Crippen molar-refractivity contribution in [2.75, 3.05) is 5.32 Å². The van der Waals surface area contributed by atoms with Gasteiger partial charge in [-0.3, -0.25) is 4.79 Å². The van der Waals surface area contributed by atoms with E-state index in [0.29, 0.717) is 17.0 Å². The van der Waals surface area contributed by atoms with Crippen molar-refractivity contribution in [2.45, 2.75) is 26.9 Å². The average molecular weight is 310 g/mol. The van der Waals surface area contributed by atoms with E-state index in [9.17, 15) is 4.79 Å². The lowest BCUT2D eigenvalue weighted by atomic mass is 10.2. The van der Waals surface area contributed by atoms with Crippen molar-refractivity contribution >= 4 is 17.2 Å². The lowest BCUT2D eigenvalue weighted by Gasteiger charge is -2.10. The topological polar surface area (TPSA) is 68.5 Å². The summed E-state index contributed by atoms with van der Waals surface area (Å²) < 4.78 is 7.27. The molecule has 1 amide bonds. The smallest absolute Gasteiger partial charge is 0.274 e. The van der Waals surface area contributed by atoms with E-state index in [-0.39, 0.29) is 12.0 Å². The highest BCUT2D eigenvalue weighted by atomic mass is 16.5. The Morgan fingerprint density at radius 2 is 1.96 bits per heavy atom. The Balaban J connectivity index is 1.77. The van der Waals surface area contributed by atoms with Gasteiger partial charge in [-0.2, -0.15) is 5.10 Å². The molecule has 2 aromatic heterocycles. The molecule has 3 aromatic rings. The molecule has 0 unspecified atom stereocenters. The van der Waals surface area contributed by atoms with Crippen molar-refractivity contribution in [3.8, 4) is 5.75 Å². The maximum Gasteiger partial charge on any atom is 0.274 e. The van der Waals surface area contributed by atoms with E-state index in [0.717, 1.165) is 11.4 Å². The number of rotatable bonds is 4. The fraction of sp³-hybridized carbons (Fsp3) is 0.235. The molecule has 3 rings (SSSR count). The molecule has 0 radical (unpaired) electrons. The molecule has 0 aliphatic carbocycles. The number of carbonyl (C=O) groups excluding carboxylic acids is 1. The van der Waals surface area contributed by atoms with Crippen LogP contribution in [0.2, 0.25) is 0 Å². The minimum absolute atomic E-state index is 0.116. The quantitative estimate of drug-likeness (QED) is 0.804. The first kappa shape index (κ1) is 15.0. The predicted molar refractivity (Wildman–Crippen MR) is 87.9 cm³/mol. The van der Waals surface area contributed by atoms with Crippen LogP contribution in [0.3, 0.4) is 0 Å². The summed E-state index contributed by atoms with van der Waals surface area (Å²) >= 11 is 0. The average Bonchev–Trinajstić information content (AvgIpc) is 2.97. The van der Waals surface area contributed by atoms with Gasteiger partial charge in [0.25, 0.3) is 5.91 Å². The summed E-state index contributed by atoms with van der Waals surface area (Å²) in [7, 11) is 0. The van der Waals surface area contributed by atoms with Crippen molar-refractivity contribution in [3.63, 3.8) is 0 Å². The maximum absolute atomic E-state index is 12.4. The molecule has 0 atom stereocenters. The highest BCUT2D eigenvalue weighted by Crippen LogP contribution is 2.17. The molecule has 118 valence electrons. The van der Waals surface area contributed by atoms with E-state index in [1.165, 1.54) is 0 Å². The number of fused-ring (bicyclic) bond motifs is 1. The van der Waals surface area contributed by atoms with Crippen LogP contribution >= 0.6 is 0 Å². The van der Waals surface area contributed by atoms with Crippen LogP contribution in [0.4, 0.5) is 5.69 Å². The van der Waals surface area contributed by atoms with Gasteiger partial charge in [-0.05, 0) is 51.1 Å². The minimum Gasteiger partial charge on any atom is -0.491 e. The number of ether oxygens (including phenoxy) is 1. The number of aromatic nitrogens is 3. The molecule has 1 N–H and O–H groups in total. The SMILES string of the molecule is Cc1cc(C(=O)Nc2ccc(OC(C)C)cc2)nc2ccnn12. The van der Waals surface area contributed by atoms with Gasteiger partial charge in [0, 0.05) is 17.4 Å². The van der Waals surface area contributed by atoms with Crippen LogP contribution in [-0.4, -0.2) is 26.6 Å². The number of amides is 1. The molecule has 0 saturated heterocycles. The van der Waals surface area contributed by atoms with E-state index in [1.54, 1.807) is 35.0 Å². The lowest BCUT2D eigenvalue weighted by Crippen LogP contribution is -2.15. The lowest BCUT2D eigenvalue weighted by molar-refractivity contribution is 0.102. The standard InChI is InChI=1S/C17H18N4O2/c1-11(2)23-14-6-4-13(5-7-14)19-17(22)15-10-12(3)21-16(20-15)8-9-18-21/h4-11H,1-3H3,(H,19,22). The first-order valence-corrected chi connectivity index (χ1v) is 7.42. The number of carbonyl (C=O) groups is 1. The number of nitrogens with zero attached hydrogens (tertiary/aromatic N) is 3. The molecular weight excluding hydrogens is 292 g/mol. The molecule has 6 heteroatoms. The molecule has 6 nitrogen and oxygen atoms in total. The van der Waals surface area contributed by atoms with Gasteiger partial charge in [0.1, 0.15) is 11.4 Å². The fourth-order valence-electron chi connectivity index (χ4n) is 2.27. The van der Waals surface area contributed by atoms with Gasteiger partial charge < -0.3 is 10.1 Å². The Labute approximate surface area is 134 Å². The number of aryl methyl sites for hydroxylation is 1. The molecule has 0 aliphatic rings. The first-order valence-electron chi connectivity index (χ1n) is 7.42. The molecule has 0 fully saturated rings. The molecule has 0 spiro atoms. The second-order valence-electron chi connectivity index (χ2n) is 5.53. The molecule has 23 heavy (non-hydrogen) atoms. The zero-order valence-electron chi connectivity index (χ0n) is 13.3. The third-order valence-corrected chi connectivity index (χ3v) is 3.25. The van der Waals surface area contributed by atoms with E-state index >= 15 is 0 Å². The van der Waals surface area contributed by atoms with Gasteiger partial charge >= 0.3 is 0 Å².